The molecule has 3 rings (SSSR count). The van der Waals surface area contributed by atoms with Gasteiger partial charge in [-0.25, -0.2) is 0 Å². The molecule has 0 radical (unpaired) electrons. The van der Waals surface area contributed by atoms with Gasteiger partial charge in [0.25, 0.3) is 5.91 Å². The van der Waals surface area contributed by atoms with Gasteiger partial charge in [0.2, 0.25) is 0 Å². The van der Waals surface area contributed by atoms with Crippen molar-refractivity contribution in [3.05, 3.63) is 52.9 Å². The van der Waals surface area contributed by atoms with Crippen molar-refractivity contribution in [1.82, 2.24) is 4.90 Å². The second-order valence-corrected chi connectivity index (χ2v) is 5.54. The standard InChI is InChI=1S/C16H17ClN2O2/c1-12-4-2-3-5-13(12)18-8-10-19(11-9-18)16(20)14-6-7-15(17)21-14/h2-7H,8-11H2,1H3. The summed E-state index contributed by atoms with van der Waals surface area (Å²) in [5.41, 5.74) is 2.50. The predicted octanol–water partition coefficient (Wildman–Crippen LogP) is 3.20. The molecule has 0 spiro atoms. The first-order valence-corrected chi connectivity index (χ1v) is 7.38. The SMILES string of the molecule is Cc1ccccc1N1CCN(C(=O)c2ccc(Cl)o2)CC1. The van der Waals surface area contributed by atoms with Crippen LogP contribution in [-0.4, -0.2) is 37.0 Å². The Balaban J connectivity index is 1.65. The van der Waals surface area contributed by atoms with E-state index in [-0.39, 0.29) is 11.1 Å². The minimum absolute atomic E-state index is 0.0914. The van der Waals surface area contributed by atoms with E-state index >= 15 is 0 Å². The Morgan fingerprint density at radius 1 is 1.10 bits per heavy atom. The van der Waals surface area contributed by atoms with Crippen LogP contribution in [0.3, 0.4) is 0 Å². The number of anilines is 1. The second kappa shape index (κ2) is 5.82. The third kappa shape index (κ3) is 2.90. The topological polar surface area (TPSA) is 36.7 Å². The van der Waals surface area contributed by atoms with Crippen LogP contribution in [-0.2, 0) is 0 Å². The van der Waals surface area contributed by atoms with Gasteiger partial charge in [0.1, 0.15) is 0 Å². The molecule has 1 aromatic heterocycles. The number of carbonyl (C=O) groups excluding carboxylic acids is 1. The van der Waals surface area contributed by atoms with Crippen LogP contribution in [0.2, 0.25) is 5.22 Å². The number of hydrogen-bond acceptors (Lipinski definition) is 3. The van der Waals surface area contributed by atoms with Crippen molar-refractivity contribution in [2.45, 2.75) is 6.92 Å². The van der Waals surface area contributed by atoms with Gasteiger partial charge in [-0.3, -0.25) is 4.79 Å². The van der Waals surface area contributed by atoms with Crippen molar-refractivity contribution >= 4 is 23.2 Å². The van der Waals surface area contributed by atoms with Crippen LogP contribution in [0.4, 0.5) is 5.69 Å². The van der Waals surface area contributed by atoms with Gasteiger partial charge in [-0.15, -0.1) is 0 Å². The fraction of sp³-hybridized carbons (Fsp3) is 0.312. The lowest BCUT2D eigenvalue weighted by Crippen LogP contribution is -2.48. The Morgan fingerprint density at radius 3 is 2.43 bits per heavy atom. The van der Waals surface area contributed by atoms with E-state index in [1.54, 1.807) is 12.1 Å². The Hall–Kier alpha value is -1.94. The van der Waals surface area contributed by atoms with E-state index in [1.807, 2.05) is 17.0 Å². The third-order valence-electron chi connectivity index (χ3n) is 3.81. The molecule has 2 aromatic rings. The van der Waals surface area contributed by atoms with Crippen LogP contribution >= 0.6 is 11.6 Å². The summed E-state index contributed by atoms with van der Waals surface area (Å²) >= 11 is 5.72. The summed E-state index contributed by atoms with van der Waals surface area (Å²) < 4.78 is 5.19. The summed E-state index contributed by atoms with van der Waals surface area (Å²) in [5.74, 6) is 0.218. The summed E-state index contributed by atoms with van der Waals surface area (Å²) in [5, 5.41) is 0.247. The van der Waals surface area contributed by atoms with E-state index in [2.05, 4.69) is 24.0 Å². The maximum Gasteiger partial charge on any atom is 0.289 e. The number of hydrogen-bond donors (Lipinski definition) is 0. The molecular weight excluding hydrogens is 288 g/mol. The molecule has 0 N–H and O–H groups in total. The van der Waals surface area contributed by atoms with E-state index < -0.39 is 0 Å². The fourth-order valence-electron chi connectivity index (χ4n) is 2.65. The summed E-state index contributed by atoms with van der Waals surface area (Å²) in [6.07, 6.45) is 0. The van der Waals surface area contributed by atoms with E-state index in [0.29, 0.717) is 18.8 Å². The van der Waals surface area contributed by atoms with Crippen LogP contribution in [0, 0.1) is 6.92 Å². The molecule has 4 nitrogen and oxygen atoms in total. The molecule has 21 heavy (non-hydrogen) atoms. The van der Waals surface area contributed by atoms with Gasteiger partial charge in [-0.2, -0.15) is 0 Å². The highest BCUT2D eigenvalue weighted by molar-refractivity contribution is 6.29. The lowest BCUT2D eigenvalue weighted by atomic mass is 10.1. The van der Waals surface area contributed by atoms with Gasteiger partial charge < -0.3 is 14.2 Å². The molecule has 1 saturated heterocycles. The molecule has 1 aliphatic rings. The average molecular weight is 305 g/mol. The molecule has 0 atom stereocenters. The highest BCUT2D eigenvalue weighted by Gasteiger charge is 2.24. The molecule has 0 saturated carbocycles. The van der Waals surface area contributed by atoms with Gasteiger partial charge in [0.05, 0.1) is 0 Å². The number of furan rings is 1. The quantitative estimate of drug-likeness (QED) is 0.855. The Morgan fingerprint density at radius 2 is 1.81 bits per heavy atom. The van der Waals surface area contributed by atoms with E-state index in [0.717, 1.165) is 13.1 Å². The number of rotatable bonds is 2. The van der Waals surface area contributed by atoms with Crippen molar-refractivity contribution in [3.8, 4) is 0 Å². The van der Waals surface area contributed by atoms with Crippen molar-refractivity contribution < 1.29 is 9.21 Å². The lowest BCUT2D eigenvalue weighted by molar-refractivity contribution is 0.0715. The van der Waals surface area contributed by atoms with Crippen LogP contribution < -0.4 is 4.90 Å². The molecule has 1 amide bonds. The van der Waals surface area contributed by atoms with Gasteiger partial charge in [-0.05, 0) is 42.3 Å². The summed E-state index contributed by atoms with van der Waals surface area (Å²) in [4.78, 5) is 16.4. The maximum atomic E-state index is 12.3. The number of carbonyl (C=O) groups is 1. The molecule has 2 heterocycles. The van der Waals surface area contributed by atoms with Gasteiger partial charge in [0.15, 0.2) is 11.0 Å². The summed E-state index contributed by atoms with van der Waals surface area (Å²) in [6.45, 7) is 5.13. The molecule has 1 aliphatic heterocycles. The zero-order valence-electron chi connectivity index (χ0n) is 11.9. The van der Waals surface area contributed by atoms with Gasteiger partial charge in [-0.1, -0.05) is 18.2 Å². The van der Waals surface area contributed by atoms with Crippen molar-refractivity contribution in [3.63, 3.8) is 0 Å². The second-order valence-electron chi connectivity index (χ2n) is 5.17. The normalized spacial score (nSPS) is 15.3. The number of halogens is 1. The first-order chi connectivity index (χ1) is 10.1. The first kappa shape index (κ1) is 14.0. The minimum atomic E-state index is -0.0914. The Labute approximate surface area is 128 Å². The van der Waals surface area contributed by atoms with Crippen molar-refractivity contribution in [2.75, 3.05) is 31.1 Å². The van der Waals surface area contributed by atoms with E-state index in [4.69, 9.17) is 16.0 Å². The first-order valence-electron chi connectivity index (χ1n) is 7.00. The number of aryl methyl sites for hydroxylation is 1. The zero-order chi connectivity index (χ0) is 14.8. The van der Waals surface area contributed by atoms with E-state index in [9.17, 15) is 4.79 Å². The maximum absolute atomic E-state index is 12.3. The number of piperazine rings is 1. The molecule has 1 aromatic carbocycles. The van der Waals surface area contributed by atoms with Crippen LogP contribution in [0.5, 0.6) is 0 Å². The molecular formula is C16H17ClN2O2. The van der Waals surface area contributed by atoms with Gasteiger partial charge in [0, 0.05) is 31.9 Å². The summed E-state index contributed by atoms with van der Waals surface area (Å²) in [6, 6.07) is 11.5. The zero-order valence-corrected chi connectivity index (χ0v) is 12.6. The smallest absolute Gasteiger partial charge is 0.289 e. The monoisotopic (exact) mass is 304 g/mol. The van der Waals surface area contributed by atoms with E-state index in [1.165, 1.54) is 11.3 Å². The molecule has 0 unspecified atom stereocenters. The predicted molar refractivity (Wildman–Crippen MR) is 83.0 cm³/mol. The minimum Gasteiger partial charge on any atom is -0.440 e. The Bertz CT molecular complexity index is 645. The number of para-hydroxylation sites is 1. The lowest BCUT2D eigenvalue weighted by Gasteiger charge is -2.36. The van der Waals surface area contributed by atoms with Crippen LogP contribution in [0.15, 0.2) is 40.8 Å². The molecule has 0 aliphatic carbocycles. The highest BCUT2D eigenvalue weighted by atomic mass is 35.5. The van der Waals surface area contributed by atoms with Gasteiger partial charge >= 0.3 is 0 Å². The van der Waals surface area contributed by atoms with Crippen molar-refractivity contribution in [1.29, 1.82) is 0 Å². The fourth-order valence-corrected chi connectivity index (χ4v) is 2.80. The Kier molecular flexibility index (Phi) is 3.88. The number of amides is 1. The van der Waals surface area contributed by atoms with Crippen LogP contribution in [0.25, 0.3) is 0 Å². The van der Waals surface area contributed by atoms with Crippen molar-refractivity contribution in [2.24, 2.45) is 0 Å². The number of nitrogens with zero attached hydrogens (tertiary/aromatic N) is 2. The average Bonchev–Trinajstić information content (AvgIpc) is 2.94. The third-order valence-corrected chi connectivity index (χ3v) is 4.01. The molecule has 0 bridgehead atoms. The molecule has 1 fully saturated rings. The number of benzene rings is 1. The molecule has 110 valence electrons. The summed E-state index contributed by atoms with van der Waals surface area (Å²) in [7, 11) is 0. The highest BCUT2D eigenvalue weighted by Crippen LogP contribution is 2.22. The largest absolute Gasteiger partial charge is 0.440 e. The molecule has 5 heteroatoms. The van der Waals surface area contributed by atoms with Crippen LogP contribution in [0.1, 0.15) is 16.1 Å².